The molecule has 7 heteroatoms. The second-order valence-electron chi connectivity index (χ2n) is 5.89. The monoisotopic (exact) mass is 419 g/mol. The number of nitrogens with zero attached hydrogens (tertiary/aromatic N) is 2. The quantitative estimate of drug-likeness (QED) is 0.651. The SMILES string of the molecule is CC(C)n1cc(S(=O)(=O)Nc2ccc(Br)cc2)c(-c2ccccc2)n1. The van der Waals surface area contributed by atoms with Gasteiger partial charge in [-0.15, -0.1) is 0 Å². The Labute approximate surface area is 155 Å². The van der Waals surface area contributed by atoms with Crippen molar-refractivity contribution in [2.75, 3.05) is 4.72 Å². The highest BCUT2D eigenvalue weighted by molar-refractivity contribution is 9.10. The third kappa shape index (κ3) is 3.93. The molecule has 0 unspecified atom stereocenters. The lowest BCUT2D eigenvalue weighted by Crippen LogP contribution is -2.13. The van der Waals surface area contributed by atoms with Gasteiger partial charge in [-0.2, -0.15) is 5.10 Å². The van der Waals surface area contributed by atoms with Crippen molar-refractivity contribution < 1.29 is 8.42 Å². The molecule has 0 aliphatic rings. The summed E-state index contributed by atoms with van der Waals surface area (Å²) in [5, 5.41) is 4.49. The van der Waals surface area contributed by atoms with Crippen molar-refractivity contribution in [1.82, 2.24) is 9.78 Å². The summed E-state index contributed by atoms with van der Waals surface area (Å²) in [7, 11) is -3.77. The van der Waals surface area contributed by atoms with Gasteiger partial charge in [0.05, 0.1) is 0 Å². The van der Waals surface area contributed by atoms with Crippen LogP contribution in [0.15, 0.2) is 70.2 Å². The minimum absolute atomic E-state index is 0.0547. The van der Waals surface area contributed by atoms with Crippen LogP contribution in [0.5, 0.6) is 0 Å². The zero-order valence-electron chi connectivity index (χ0n) is 13.8. The summed E-state index contributed by atoms with van der Waals surface area (Å²) in [5.41, 5.74) is 1.71. The molecule has 0 saturated heterocycles. The molecule has 0 amide bonds. The van der Waals surface area contributed by atoms with Crippen LogP contribution in [0.1, 0.15) is 19.9 Å². The summed E-state index contributed by atoms with van der Waals surface area (Å²) in [6, 6.07) is 16.4. The van der Waals surface area contributed by atoms with Crippen LogP contribution in [-0.4, -0.2) is 18.2 Å². The number of aromatic nitrogens is 2. The van der Waals surface area contributed by atoms with E-state index in [9.17, 15) is 8.42 Å². The van der Waals surface area contributed by atoms with Crippen molar-refractivity contribution in [1.29, 1.82) is 0 Å². The fourth-order valence-corrected chi connectivity index (χ4v) is 3.84. The van der Waals surface area contributed by atoms with Gasteiger partial charge in [-0.3, -0.25) is 9.40 Å². The highest BCUT2D eigenvalue weighted by atomic mass is 79.9. The van der Waals surface area contributed by atoms with Crippen LogP contribution in [0.3, 0.4) is 0 Å². The molecule has 25 heavy (non-hydrogen) atoms. The molecule has 0 atom stereocenters. The average molecular weight is 420 g/mol. The fraction of sp³-hybridized carbons (Fsp3) is 0.167. The molecule has 1 aromatic heterocycles. The van der Waals surface area contributed by atoms with E-state index in [1.165, 1.54) is 0 Å². The highest BCUT2D eigenvalue weighted by Gasteiger charge is 2.24. The molecule has 0 bridgehead atoms. The van der Waals surface area contributed by atoms with E-state index in [0.717, 1.165) is 10.0 Å². The van der Waals surface area contributed by atoms with Crippen molar-refractivity contribution in [3.8, 4) is 11.3 Å². The predicted molar refractivity (Wildman–Crippen MR) is 103 cm³/mol. The predicted octanol–water partition coefficient (Wildman–Crippen LogP) is 4.69. The molecular weight excluding hydrogens is 402 g/mol. The van der Waals surface area contributed by atoms with Gasteiger partial charge in [-0.25, -0.2) is 8.42 Å². The number of hydrogen-bond acceptors (Lipinski definition) is 3. The van der Waals surface area contributed by atoms with Crippen molar-refractivity contribution in [3.05, 3.63) is 65.3 Å². The van der Waals surface area contributed by atoms with E-state index in [4.69, 9.17) is 0 Å². The third-order valence-electron chi connectivity index (χ3n) is 3.66. The van der Waals surface area contributed by atoms with Gasteiger partial charge in [0.25, 0.3) is 10.0 Å². The molecule has 130 valence electrons. The van der Waals surface area contributed by atoms with E-state index in [2.05, 4.69) is 25.8 Å². The van der Waals surface area contributed by atoms with E-state index >= 15 is 0 Å². The number of sulfonamides is 1. The van der Waals surface area contributed by atoms with Gasteiger partial charge in [0.1, 0.15) is 10.6 Å². The van der Waals surface area contributed by atoms with Crippen molar-refractivity contribution in [3.63, 3.8) is 0 Å². The van der Waals surface area contributed by atoms with Crippen LogP contribution >= 0.6 is 15.9 Å². The standard InChI is InChI=1S/C18H18BrN3O2S/c1-13(2)22-12-17(18(20-22)14-6-4-3-5-7-14)25(23,24)21-16-10-8-15(19)9-11-16/h3-13,21H,1-2H3. The van der Waals surface area contributed by atoms with Crippen LogP contribution in [0.4, 0.5) is 5.69 Å². The number of hydrogen-bond donors (Lipinski definition) is 1. The Morgan fingerprint density at radius 1 is 1.04 bits per heavy atom. The van der Waals surface area contributed by atoms with E-state index in [-0.39, 0.29) is 10.9 Å². The first kappa shape index (κ1) is 17.7. The summed E-state index contributed by atoms with van der Waals surface area (Å²) < 4.78 is 31.1. The van der Waals surface area contributed by atoms with E-state index in [0.29, 0.717) is 11.4 Å². The normalized spacial score (nSPS) is 11.7. The fourth-order valence-electron chi connectivity index (χ4n) is 2.36. The van der Waals surface area contributed by atoms with Crippen LogP contribution in [-0.2, 0) is 10.0 Å². The number of rotatable bonds is 5. The molecule has 3 aromatic rings. The maximum absolute atomic E-state index is 12.9. The van der Waals surface area contributed by atoms with Gasteiger partial charge < -0.3 is 0 Å². The first-order valence-electron chi connectivity index (χ1n) is 7.80. The smallest absolute Gasteiger partial charge is 0.265 e. The maximum atomic E-state index is 12.9. The van der Waals surface area contributed by atoms with Gasteiger partial charge in [-0.1, -0.05) is 46.3 Å². The second-order valence-corrected chi connectivity index (χ2v) is 8.46. The molecule has 0 fully saturated rings. The van der Waals surface area contributed by atoms with Gasteiger partial charge in [-0.05, 0) is 38.1 Å². The molecule has 1 N–H and O–H groups in total. The lowest BCUT2D eigenvalue weighted by molar-refractivity contribution is 0.532. The molecule has 1 heterocycles. The number of benzene rings is 2. The molecule has 0 aliphatic carbocycles. The number of halogens is 1. The van der Waals surface area contributed by atoms with Gasteiger partial charge >= 0.3 is 0 Å². The Kier molecular flexibility index (Phi) is 4.96. The maximum Gasteiger partial charge on any atom is 0.265 e. The van der Waals surface area contributed by atoms with Crippen LogP contribution in [0, 0.1) is 0 Å². The van der Waals surface area contributed by atoms with Gasteiger partial charge in [0.15, 0.2) is 0 Å². The van der Waals surface area contributed by atoms with Crippen molar-refractivity contribution in [2.24, 2.45) is 0 Å². The lowest BCUT2D eigenvalue weighted by atomic mass is 10.2. The van der Waals surface area contributed by atoms with Gasteiger partial charge in [0.2, 0.25) is 0 Å². The molecule has 0 spiro atoms. The average Bonchev–Trinajstić information content (AvgIpc) is 3.04. The van der Waals surface area contributed by atoms with Crippen LogP contribution in [0.25, 0.3) is 11.3 Å². The van der Waals surface area contributed by atoms with E-state index in [1.807, 2.05) is 44.2 Å². The summed E-state index contributed by atoms with van der Waals surface area (Å²) in [6.07, 6.45) is 1.58. The summed E-state index contributed by atoms with van der Waals surface area (Å²) in [6.45, 7) is 3.92. The van der Waals surface area contributed by atoms with E-state index in [1.54, 1.807) is 35.1 Å². The minimum atomic E-state index is -3.77. The van der Waals surface area contributed by atoms with E-state index < -0.39 is 10.0 Å². The summed E-state index contributed by atoms with van der Waals surface area (Å²) in [5.74, 6) is 0. The topological polar surface area (TPSA) is 64.0 Å². The Balaban J connectivity index is 2.06. The molecule has 0 aliphatic heterocycles. The first-order valence-corrected chi connectivity index (χ1v) is 10.1. The molecule has 5 nitrogen and oxygen atoms in total. The molecule has 2 aromatic carbocycles. The second kappa shape index (κ2) is 7.01. The molecule has 0 radical (unpaired) electrons. The number of nitrogens with one attached hydrogen (secondary N) is 1. The molecule has 3 rings (SSSR count). The molecule has 0 saturated carbocycles. The van der Waals surface area contributed by atoms with Crippen molar-refractivity contribution >= 4 is 31.6 Å². The van der Waals surface area contributed by atoms with Crippen molar-refractivity contribution in [2.45, 2.75) is 24.8 Å². The molecular formula is C18H18BrN3O2S. The van der Waals surface area contributed by atoms with Crippen LogP contribution in [0.2, 0.25) is 0 Å². The summed E-state index contributed by atoms with van der Waals surface area (Å²) in [4.78, 5) is 0.162. The Morgan fingerprint density at radius 2 is 1.68 bits per heavy atom. The zero-order chi connectivity index (χ0) is 18.0. The summed E-state index contributed by atoms with van der Waals surface area (Å²) >= 11 is 3.34. The lowest BCUT2D eigenvalue weighted by Gasteiger charge is -2.08. The number of anilines is 1. The Hall–Kier alpha value is -2.12. The minimum Gasteiger partial charge on any atom is -0.280 e. The zero-order valence-corrected chi connectivity index (χ0v) is 16.3. The third-order valence-corrected chi connectivity index (χ3v) is 5.57. The highest BCUT2D eigenvalue weighted by Crippen LogP contribution is 2.29. The van der Waals surface area contributed by atoms with Crippen LogP contribution < -0.4 is 4.72 Å². The largest absolute Gasteiger partial charge is 0.280 e. The van der Waals surface area contributed by atoms with Gasteiger partial charge in [0, 0.05) is 28.0 Å². The first-order chi connectivity index (χ1) is 11.9. The Bertz CT molecular complexity index is 965. The Morgan fingerprint density at radius 3 is 2.28 bits per heavy atom.